The van der Waals surface area contributed by atoms with Gasteiger partial charge in [0.25, 0.3) is 0 Å². The number of nitrogens with zero attached hydrogens (tertiary/aromatic N) is 4. The molecule has 8 heteroatoms. The largest absolute Gasteiger partial charge is 0.481 e. The Kier molecular flexibility index (Phi) is 4.17. The van der Waals surface area contributed by atoms with E-state index in [4.69, 9.17) is 5.11 Å². The van der Waals surface area contributed by atoms with Crippen LogP contribution in [-0.2, 0) is 11.8 Å². The Labute approximate surface area is 131 Å². The number of carboxylic acid groups (broad SMARTS) is 1. The monoisotopic (exact) mass is 326 g/mol. The van der Waals surface area contributed by atoms with Crippen LogP contribution in [0.2, 0.25) is 0 Å². The molecule has 2 aromatic heterocycles. The first kappa shape index (κ1) is 14.8. The highest BCUT2D eigenvalue weighted by Crippen LogP contribution is 2.35. The SMILES string of the molecule is Cc1nn(C)c2c1nc(SCC(=O)O)n2C1CCSCC1. The molecule has 1 fully saturated rings. The van der Waals surface area contributed by atoms with Gasteiger partial charge in [0.15, 0.2) is 10.8 Å². The number of rotatable bonds is 4. The van der Waals surface area contributed by atoms with Crippen LogP contribution in [0, 0.1) is 6.92 Å². The standard InChI is InChI=1S/C13H18N4O2S2/c1-8-11-12(16(2)15-8)17(9-3-5-20-6-4-9)13(14-11)21-7-10(18)19/h9H,3-7H2,1-2H3,(H,18,19). The minimum atomic E-state index is -0.812. The number of hydrogen-bond donors (Lipinski definition) is 1. The van der Waals surface area contributed by atoms with Gasteiger partial charge >= 0.3 is 5.97 Å². The van der Waals surface area contributed by atoms with Gasteiger partial charge < -0.3 is 9.67 Å². The molecule has 1 aliphatic rings. The van der Waals surface area contributed by atoms with E-state index in [0.717, 1.165) is 46.4 Å². The van der Waals surface area contributed by atoms with Crippen molar-refractivity contribution in [2.75, 3.05) is 17.3 Å². The van der Waals surface area contributed by atoms with Gasteiger partial charge in [-0.15, -0.1) is 0 Å². The van der Waals surface area contributed by atoms with Crippen molar-refractivity contribution in [3.05, 3.63) is 5.69 Å². The van der Waals surface area contributed by atoms with Crippen LogP contribution < -0.4 is 0 Å². The first-order valence-corrected chi connectivity index (χ1v) is 9.06. The molecular formula is C13H18N4O2S2. The second kappa shape index (κ2) is 5.92. The van der Waals surface area contributed by atoms with Crippen molar-refractivity contribution >= 4 is 40.7 Å². The fraction of sp³-hybridized carbons (Fsp3) is 0.615. The van der Waals surface area contributed by atoms with Crippen molar-refractivity contribution in [3.8, 4) is 0 Å². The van der Waals surface area contributed by atoms with Crippen LogP contribution in [0.5, 0.6) is 0 Å². The lowest BCUT2D eigenvalue weighted by Crippen LogP contribution is -2.18. The molecular weight excluding hydrogens is 308 g/mol. The molecule has 0 spiro atoms. The molecule has 0 aromatic carbocycles. The second-order valence-corrected chi connectivity index (χ2v) is 7.34. The summed E-state index contributed by atoms with van der Waals surface area (Å²) >= 11 is 3.28. The molecule has 0 aliphatic carbocycles. The molecule has 3 rings (SSSR count). The lowest BCUT2D eigenvalue weighted by molar-refractivity contribution is -0.133. The van der Waals surface area contributed by atoms with E-state index in [1.807, 2.05) is 30.4 Å². The molecule has 1 aliphatic heterocycles. The van der Waals surface area contributed by atoms with Crippen molar-refractivity contribution in [1.82, 2.24) is 19.3 Å². The maximum absolute atomic E-state index is 10.9. The number of aryl methyl sites for hydroxylation is 2. The molecule has 0 unspecified atom stereocenters. The molecule has 1 N–H and O–H groups in total. The molecule has 0 saturated carbocycles. The van der Waals surface area contributed by atoms with Gasteiger partial charge in [-0.3, -0.25) is 9.48 Å². The summed E-state index contributed by atoms with van der Waals surface area (Å²) in [5.74, 6) is 1.51. The van der Waals surface area contributed by atoms with Gasteiger partial charge in [0.2, 0.25) is 0 Å². The van der Waals surface area contributed by atoms with Gasteiger partial charge in [-0.25, -0.2) is 4.98 Å². The minimum absolute atomic E-state index is 0.0390. The van der Waals surface area contributed by atoms with E-state index in [0.29, 0.717) is 6.04 Å². The van der Waals surface area contributed by atoms with Crippen LogP contribution >= 0.6 is 23.5 Å². The van der Waals surface area contributed by atoms with Crippen molar-refractivity contribution in [1.29, 1.82) is 0 Å². The Hall–Kier alpha value is -1.15. The van der Waals surface area contributed by atoms with Crippen molar-refractivity contribution < 1.29 is 9.90 Å². The zero-order valence-electron chi connectivity index (χ0n) is 12.1. The van der Waals surface area contributed by atoms with E-state index in [1.165, 1.54) is 11.8 Å². The molecule has 6 nitrogen and oxygen atoms in total. The Balaban J connectivity index is 2.07. The number of aliphatic carboxylic acids is 1. The maximum Gasteiger partial charge on any atom is 0.313 e. The number of fused-ring (bicyclic) bond motifs is 1. The molecule has 1 saturated heterocycles. The van der Waals surface area contributed by atoms with Gasteiger partial charge in [-0.05, 0) is 31.3 Å². The average Bonchev–Trinajstić information content (AvgIpc) is 2.96. The molecule has 0 radical (unpaired) electrons. The number of thioether (sulfide) groups is 2. The normalized spacial score (nSPS) is 16.7. The summed E-state index contributed by atoms with van der Waals surface area (Å²) in [5.41, 5.74) is 2.80. The van der Waals surface area contributed by atoms with E-state index >= 15 is 0 Å². The van der Waals surface area contributed by atoms with Gasteiger partial charge in [0.1, 0.15) is 5.52 Å². The number of carbonyl (C=O) groups is 1. The van der Waals surface area contributed by atoms with E-state index in [-0.39, 0.29) is 5.75 Å². The Morgan fingerprint density at radius 3 is 2.86 bits per heavy atom. The van der Waals surface area contributed by atoms with E-state index < -0.39 is 5.97 Å². The molecule has 0 bridgehead atoms. The van der Waals surface area contributed by atoms with Crippen LogP contribution in [0.15, 0.2) is 5.16 Å². The molecule has 21 heavy (non-hydrogen) atoms. The second-order valence-electron chi connectivity index (χ2n) is 5.17. The molecule has 3 heterocycles. The Morgan fingerprint density at radius 1 is 1.48 bits per heavy atom. The van der Waals surface area contributed by atoms with Crippen LogP contribution in [0.1, 0.15) is 24.6 Å². The highest BCUT2D eigenvalue weighted by molar-refractivity contribution is 7.99. The van der Waals surface area contributed by atoms with Crippen LogP contribution in [0.25, 0.3) is 11.2 Å². The van der Waals surface area contributed by atoms with Crippen molar-refractivity contribution in [3.63, 3.8) is 0 Å². The highest BCUT2D eigenvalue weighted by atomic mass is 32.2. The zero-order chi connectivity index (χ0) is 15.0. The van der Waals surface area contributed by atoms with E-state index in [9.17, 15) is 4.79 Å². The molecule has 0 amide bonds. The van der Waals surface area contributed by atoms with Gasteiger partial charge in [0.05, 0.1) is 11.4 Å². The third kappa shape index (κ3) is 2.78. The first-order valence-electron chi connectivity index (χ1n) is 6.91. The van der Waals surface area contributed by atoms with Crippen molar-refractivity contribution in [2.24, 2.45) is 7.05 Å². The molecule has 2 aromatic rings. The zero-order valence-corrected chi connectivity index (χ0v) is 13.7. The Bertz CT molecular complexity index is 673. The van der Waals surface area contributed by atoms with E-state index in [1.54, 1.807) is 0 Å². The van der Waals surface area contributed by atoms with Gasteiger partial charge in [-0.1, -0.05) is 11.8 Å². The summed E-state index contributed by atoms with van der Waals surface area (Å²) in [5, 5.41) is 14.2. The maximum atomic E-state index is 10.9. The van der Waals surface area contributed by atoms with Gasteiger partial charge in [-0.2, -0.15) is 16.9 Å². The lowest BCUT2D eigenvalue weighted by atomic mass is 10.1. The lowest BCUT2D eigenvalue weighted by Gasteiger charge is -2.24. The number of carboxylic acids is 1. The molecule has 114 valence electrons. The van der Waals surface area contributed by atoms with Gasteiger partial charge in [0, 0.05) is 13.1 Å². The van der Waals surface area contributed by atoms with Crippen LogP contribution in [0.3, 0.4) is 0 Å². The summed E-state index contributed by atoms with van der Waals surface area (Å²) in [6.07, 6.45) is 2.20. The summed E-state index contributed by atoms with van der Waals surface area (Å²) < 4.78 is 4.08. The number of hydrogen-bond acceptors (Lipinski definition) is 5. The Morgan fingerprint density at radius 2 is 2.19 bits per heavy atom. The average molecular weight is 326 g/mol. The predicted octanol–water partition coefficient (Wildman–Crippen LogP) is 2.32. The van der Waals surface area contributed by atoms with Crippen LogP contribution in [0.4, 0.5) is 0 Å². The van der Waals surface area contributed by atoms with E-state index in [2.05, 4.69) is 14.6 Å². The summed E-state index contributed by atoms with van der Waals surface area (Å²) in [7, 11) is 1.93. The van der Waals surface area contributed by atoms with Crippen molar-refractivity contribution in [2.45, 2.75) is 31.0 Å². The predicted molar refractivity (Wildman–Crippen MR) is 85.2 cm³/mol. The number of aromatic nitrogens is 4. The summed E-state index contributed by atoms with van der Waals surface area (Å²) in [4.78, 5) is 15.5. The third-order valence-electron chi connectivity index (χ3n) is 3.68. The smallest absolute Gasteiger partial charge is 0.313 e. The fourth-order valence-corrected chi connectivity index (χ4v) is 4.64. The van der Waals surface area contributed by atoms with Crippen LogP contribution in [-0.4, -0.2) is 47.7 Å². The molecule has 0 atom stereocenters. The minimum Gasteiger partial charge on any atom is -0.481 e. The third-order valence-corrected chi connectivity index (χ3v) is 5.67. The quantitative estimate of drug-likeness (QED) is 0.869. The first-order chi connectivity index (χ1) is 10.1. The summed E-state index contributed by atoms with van der Waals surface area (Å²) in [6.45, 7) is 1.95. The highest BCUT2D eigenvalue weighted by Gasteiger charge is 2.25. The summed E-state index contributed by atoms with van der Waals surface area (Å²) in [6, 6.07) is 0.391. The fourth-order valence-electron chi connectivity index (χ4n) is 2.78. The number of imidazole rings is 1. The topological polar surface area (TPSA) is 72.9 Å².